The highest BCUT2D eigenvalue weighted by Gasteiger charge is 2.10. The first kappa shape index (κ1) is 9.86. The highest BCUT2D eigenvalue weighted by atomic mass is 32.2. The molecule has 0 saturated heterocycles. The van der Waals surface area contributed by atoms with Crippen LogP contribution in [0.15, 0.2) is 5.10 Å². The van der Waals surface area contributed by atoms with Crippen molar-refractivity contribution in [3.63, 3.8) is 0 Å². The van der Waals surface area contributed by atoms with E-state index in [1.807, 2.05) is 0 Å². The molecule has 0 atom stereocenters. The smallest absolute Gasteiger partial charge is 0.104 e. The number of rotatable bonds is 5. The predicted molar refractivity (Wildman–Crippen MR) is 54.7 cm³/mol. The lowest BCUT2D eigenvalue weighted by molar-refractivity contribution is 0.363. The molecular weight excluding hydrogens is 170 g/mol. The molecule has 0 unspecified atom stereocenters. The molecule has 0 aliphatic carbocycles. The Balaban J connectivity index is 2.03. The van der Waals surface area contributed by atoms with Crippen LogP contribution in [-0.2, 0) is 0 Å². The Kier molecular flexibility index (Phi) is 4.46. The molecule has 1 aliphatic heterocycles. The average molecular weight is 187 g/mol. The molecule has 1 aliphatic rings. The number of hydrogen-bond acceptors (Lipinski definition) is 4. The Morgan fingerprint density at radius 1 is 1.50 bits per heavy atom. The Morgan fingerprint density at radius 2 is 2.33 bits per heavy atom. The van der Waals surface area contributed by atoms with Crippen molar-refractivity contribution in [2.45, 2.75) is 39.0 Å². The maximum absolute atomic E-state index is 5.48. The van der Waals surface area contributed by atoms with Crippen LogP contribution in [-0.4, -0.2) is 16.0 Å². The number of thioether (sulfide) groups is 1. The molecule has 0 bridgehead atoms. The molecule has 0 amide bonds. The maximum Gasteiger partial charge on any atom is 0.104 e. The molecule has 0 aromatic carbocycles. The van der Waals surface area contributed by atoms with Crippen LogP contribution in [0, 0.1) is 0 Å². The van der Waals surface area contributed by atoms with Gasteiger partial charge in [0.2, 0.25) is 0 Å². The van der Waals surface area contributed by atoms with Crippen molar-refractivity contribution in [1.29, 1.82) is 0 Å². The van der Waals surface area contributed by atoms with Gasteiger partial charge in [-0.2, -0.15) is 5.10 Å². The lowest BCUT2D eigenvalue weighted by atomic mass is 10.2. The summed E-state index contributed by atoms with van der Waals surface area (Å²) in [5.41, 5.74) is 0. The number of hydrazone groups is 1. The molecule has 1 heterocycles. The fraction of sp³-hybridized carbons (Fsp3) is 0.875. The number of unbranched alkanes of at least 4 members (excludes halogenated alkanes) is 3. The van der Waals surface area contributed by atoms with Crippen molar-refractivity contribution in [3.8, 4) is 0 Å². The van der Waals surface area contributed by atoms with Gasteiger partial charge in [-0.3, -0.25) is 0 Å². The van der Waals surface area contributed by atoms with Crippen molar-refractivity contribution >= 4 is 16.8 Å². The van der Waals surface area contributed by atoms with E-state index in [0.717, 1.165) is 12.3 Å². The lowest BCUT2D eigenvalue weighted by Gasteiger charge is -1.99. The number of hydrogen-bond donors (Lipinski definition) is 1. The van der Waals surface area contributed by atoms with Crippen LogP contribution in [0.1, 0.15) is 39.0 Å². The minimum atomic E-state index is 0.823. The minimum absolute atomic E-state index is 0.823. The van der Waals surface area contributed by atoms with Crippen LogP contribution in [0.4, 0.5) is 0 Å². The Hall–Kier alpha value is -0.220. The van der Waals surface area contributed by atoms with Gasteiger partial charge in [0.1, 0.15) is 5.88 Å². The molecule has 0 aromatic heterocycles. The van der Waals surface area contributed by atoms with Gasteiger partial charge in [-0.15, -0.1) is 0 Å². The molecule has 0 aromatic rings. The van der Waals surface area contributed by atoms with Crippen LogP contribution in [0.5, 0.6) is 0 Å². The first-order chi connectivity index (χ1) is 5.83. The zero-order valence-electron chi connectivity index (χ0n) is 7.62. The normalized spacial score (nSPS) is 16.8. The summed E-state index contributed by atoms with van der Waals surface area (Å²) < 4.78 is 0. The lowest BCUT2D eigenvalue weighted by Crippen LogP contribution is -2.20. The molecule has 0 fully saturated rings. The monoisotopic (exact) mass is 187 g/mol. The van der Waals surface area contributed by atoms with E-state index >= 15 is 0 Å². The highest BCUT2D eigenvalue weighted by molar-refractivity contribution is 8.14. The van der Waals surface area contributed by atoms with Gasteiger partial charge >= 0.3 is 0 Å². The number of nitrogens with zero attached hydrogens (tertiary/aromatic N) is 2. The van der Waals surface area contributed by atoms with Crippen LogP contribution >= 0.6 is 11.8 Å². The fourth-order valence-electron chi connectivity index (χ4n) is 1.17. The van der Waals surface area contributed by atoms with E-state index < -0.39 is 0 Å². The summed E-state index contributed by atoms with van der Waals surface area (Å²) in [4.78, 5) is 0. The van der Waals surface area contributed by atoms with Gasteiger partial charge < -0.3 is 0 Å². The van der Waals surface area contributed by atoms with Gasteiger partial charge in [-0.05, 0) is 12.8 Å². The Bertz CT molecular complexity index is 158. The summed E-state index contributed by atoms with van der Waals surface area (Å²) in [5.74, 6) is 6.30. The molecule has 1 rings (SSSR count). The topological polar surface area (TPSA) is 41.6 Å². The summed E-state index contributed by atoms with van der Waals surface area (Å²) in [6.45, 7) is 2.23. The van der Waals surface area contributed by atoms with E-state index in [1.165, 1.54) is 35.8 Å². The third-order valence-electron chi connectivity index (χ3n) is 1.85. The predicted octanol–water partition coefficient (Wildman–Crippen LogP) is 2.15. The third-order valence-corrected chi connectivity index (χ3v) is 2.86. The molecule has 12 heavy (non-hydrogen) atoms. The minimum Gasteiger partial charge on any atom is -0.230 e. The van der Waals surface area contributed by atoms with Crippen LogP contribution in [0.3, 0.4) is 0 Å². The Morgan fingerprint density at radius 3 is 2.92 bits per heavy atom. The molecule has 0 spiro atoms. The molecular formula is C8H17N3S. The van der Waals surface area contributed by atoms with Gasteiger partial charge in [0, 0.05) is 0 Å². The van der Waals surface area contributed by atoms with Crippen molar-refractivity contribution in [1.82, 2.24) is 5.12 Å². The fourth-order valence-corrected chi connectivity index (χ4v) is 1.96. The van der Waals surface area contributed by atoms with Crippen molar-refractivity contribution in [3.05, 3.63) is 0 Å². The standard InChI is InChI=1S/C8H17N3S/c1-2-3-4-5-6-8-10-11(9)7-12-8/h2-7,9H2,1H3. The highest BCUT2D eigenvalue weighted by Crippen LogP contribution is 2.18. The first-order valence-electron chi connectivity index (χ1n) is 4.55. The second-order valence-corrected chi connectivity index (χ2v) is 4.04. The SMILES string of the molecule is CCCCCCC1=NN(N)CS1. The van der Waals surface area contributed by atoms with E-state index in [9.17, 15) is 0 Å². The summed E-state index contributed by atoms with van der Waals surface area (Å²) in [6.07, 6.45) is 6.32. The van der Waals surface area contributed by atoms with E-state index in [4.69, 9.17) is 5.84 Å². The van der Waals surface area contributed by atoms with Crippen LogP contribution in [0.2, 0.25) is 0 Å². The largest absolute Gasteiger partial charge is 0.230 e. The second kappa shape index (κ2) is 5.43. The number of hydrazine groups is 1. The van der Waals surface area contributed by atoms with Gasteiger partial charge in [-0.1, -0.05) is 37.9 Å². The quantitative estimate of drug-likeness (QED) is 0.529. The van der Waals surface area contributed by atoms with E-state index in [1.54, 1.807) is 11.8 Å². The Labute approximate surface area is 78.3 Å². The van der Waals surface area contributed by atoms with Gasteiger partial charge in [0.15, 0.2) is 0 Å². The zero-order chi connectivity index (χ0) is 8.81. The van der Waals surface area contributed by atoms with Gasteiger partial charge in [-0.25, -0.2) is 11.0 Å². The average Bonchev–Trinajstić information content (AvgIpc) is 2.45. The summed E-state index contributed by atoms with van der Waals surface area (Å²) in [5, 5.41) is 6.89. The van der Waals surface area contributed by atoms with Crippen molar-refractivity contribution in [2.24, 2.45) is 10.9 Å². The molecule has 4 heteroatoms. The number of nitrogens with two attached hydrogens (primary N) is 1. The maximum atomic E-state index is 5.48. The summed E-state index contributed by atoms with van der Waals surface area (Å²) >= 11 is 1.76. The van der Waals surface area contributed by atoms with Crippen molar-refractivity contribution in [2.75, 3.05) is 5.88 Å². The molecule has 70 valence electrons. The van der Waals surface area contributed by atoms with E-state index in [0.29, 0.717) is 0 Å². The van der Waals surface area contributed by atoms with Gasteiger partial charge in [0.05, 0.1) is 5.04 Å². The third kappa shape index (κ3) is 3.45. The van der Waals surface area contributed by atoms with Crippen LogP contribution in [0.25, 0.3) is 0 Å². The van der Waals surface area contributed by atoms with Gasteiger partial charge in [0.25, 0.3) is 0 Å². The zero-order valence-corrected chi connectivity index (χ0v) is 8.44. The molecule has 3 nitrogen and oxygen atoms in total. The second-order valence-electron chi connectivity index (χ2n) is 3.02. The van der Waals surface area contributed by atoms with Crippen LogP contribution < -0.4 is 5.84 Å². The molecule has 0 radical (unpaired) electrons. The molecule has 0 saturated carbocycles. The molecule has 2 N–H and O–H groups in total. The first-order valence-corrected chi connectivity index (χ1v) is 5.54. The summed E-state index contributed by atoms with van der Waals surface area (Å²) in [6, 6.07) is 0. The van der Waals surface area contributed by atoms with E-state index in [-0.39, 0.29) is 0 Å². The van der Waals surface area contributed by atoms with Crippen molar-refractivity contribution < 1.29 is 0 Å². The van der Waals surface area contributed by atoms with E-state index in [2.05, 4.69) is 12.0 Å². The summed E-state index contributed by atoms with van der Waals surface area (Å²) in [7, 11) is 0.